The number of aryl methyl sites for hydroxylation is 1. The van der Waals surface area contributed by atoms with Gasteiger partial charge in [-0.3, -0.25) is 4.79 Å². The molecule has 0 spiro atoms. The van der Waals surface area contributed by atoms with Gasteiger partial charge in [0.2, 0.25) is 0 Å². The quantitative estimate of drug-likeness (QED) is 0.605. The molecule has 1 aliphatic rings. The molecule has 0 saturated carbocycles. The number of carbonyl (C=O) groups is 1. The van der Waals surface area contributed by atoms with E-state index >= 15 is 0 Å². The number of nitrogens with two attached hydrogens (primary N) is 1. The van der Waals surface area contributed by atoms with E-state index in [0.717, 1.165) is 24.8 Å². The number of amides is 1. The van der Waals surface area contributed by atoms with E-state index in [-0.39, 0.29) is 11.9 Å². The fourth-order valence-corrected chi connectivity index (χ4v) is 2.14. The first-order chi connectivity index (χ1) is 8.15. The number of hydrogen-bond acceptors (Lipinski definition) is 2. The van der Waals surface area contributed by atoms with Gasteiger partial charge in [0.1, 0.15) is 0 Å². The van der Waals surface area contributed by atoms with Gasteiger partial charge in [-0.2, -0.15) is 0 Å². The maximum absolute atomic E-state index is 12.0. The average molecular weight is 230 g/mol. The molecule has 0 aromatic heterocycles. The van der Waals surface area contributed by atoms with Crippen molar-refractivity contribution < 1.29 is 4.79 Å². The summed E-state index contributed by atoms with van der Waals surface area (Å²) in [4.78, 5) is 12.0. The van der Waals surface area contributed by atoms with E-state index in [4.69, 9.17) is 5.73 Å². The SMILES string of the molecule is Cc1cc(N)cc(C(=O)NC2CC=CCC2)c1. The molecular weight excluding hydrogens is 212 g/mol. The third-order valence-corrected chi connectivity index (χ3v) is 2.97. The van der Waals surface area contributed by atoms with Crippen LogP contribution in [0.3, 0.4) is 0 Å². The highest BCUT2D eigenvalue weighted by atomic mass is 16.1. The van der Waals surface area contributed by atoms with Crippen LogP contribution in [0.2, 0.25) is 0 Å². The van der Waals surface area contributed by atoms with Crippen molar-refractivity contribution >= 4 is 11.6 Å². The molecule has 90 valence electrons. The van der Waals surface area contributed by atoms with Gasteiger partial charge < -0.3 is 11.1 Å². The Hall–Kier alpha value is -1.77. The lowest BCUT2D eigenvalue weighted by Crippen LogP contribution is -2.35. The predicted molar refractivity (Wildman–Crippen MR) is 69.8 cm³/mol. The fourth-order valence-electron chi connectivity index (χ4n) is 2.14. The van der Waals surface area contributed by atoms with E-state index in [9.17, 15) is 4.79 Å². The van der Waals surface area contributed by atoms with Gasteiger partial charge >= 0.3 is 0 Å². The Labute approximate surface area is 102 Å². The number of benzene rings is 1. The summed E-state index contributed by atoms with van der Waals surface area (Å²) in [7, 11) is 0. The highest BCUT2D eigenvalue weighted by molar-refractivity contribution is 5.95. The Bertz CT molecular complexity index is 431. The van der Waals surface area contributed by atoms with Crippen molar-refractivity contribution in [1.29, 1.82) is 0 Å². The summed E-state index contributed by atoms with van der Waals surface area (Å²) < 4.78 is 0. The molecular formula is C14H18N2O. The van der Waals surface area contributed by atoms with Crippen LogP contribution < -0.4 is 11.1 Å². The molecule has 0 aliphatic heterocycles. The molecule has 2 rings (SSSR count). The Morgan fingerprint density at radius 1 is 1.35 bits per heavy atom. The Morgan fingerprint density at radius 3 is 2.82 bits per heavy atom. The fraction of sp³-hybridized carbons (Fsp3) is 0.357. The standard InChI is InChI=1S/C14H18N2O/c1-10-7-11(9-12(15)8-10)14(17)16-13-5-3-2-4-6-13/h2-3,7-9,13H,4-6,15H2,1H3,(H,16,17). The second-order valence-corrected chi connectivity index (χ2v) is 4.59. The minimum Gasteiger partial charge on any atom is -0.399 e. The molecule has 3 heteroatoms. The first-order valence-corrected chi connectivity index (χ1v) is 5.98. The largest absolute Gasteiger partial charge is 0.399 e. The first-order valence-electron chi connectivity index (χ1n) is 5.98. The molecule has 1 atom stereocenters. The van der Waals surface area contributed by atoms with Crippen LogP contribution in [0.5, 0.6) is 0 Å². The summed E-state index contributed by atoms with van der Waals surface area (Å²) in [5, 5.41) is 3.04. The normalized spacial score (nSPS) is 19.0. The number of rotatable bonds is 2. The number of carbonyl (C=O) groups excluding carboxylic acids is 1. The minimum atomic E-state index is -0.0271. The molecule has 1 unspecified atom stereocenters. The molecule has 0 bridgehead atoms. The second-order valence-electron chi connectivity index (χ2n) is 4.59. The van der Waals surface area contributed by atoms with Crippen molar-refractivity contribution in [1.82, 2.24) is 5.32 Å². The molecule has 0 radical (unpaired) electrons. The van der Waals surface area contributed by atoms with E-state index in [1.54, 1.807) is 6.07 Å². The van der Waals surface area contributed by atoms with E-state index in [1.807, 2.05) is 19.1 Å². The van der Waals surface area contributed by atoms with Gasteiger partial charge in [0.15, 0.2) is 0 Å². The first kappa shape index (κ1) is 11.7. The van der Waals surface area contributed by atoms with Crippen molar-refractivity contribution in [3.63, 3.8) is 0 Å². The molecule has 0 fully saturated rings. The van der Waals surface area contributed by atoms with E-state index in [1.165, 1.54) is 0 Å². The van der Waals surface area contributed by atoms with Crippen molar-refractivity contribution in [2.75, 3.05) is 5.73 Å². The van der Waals surface area contributed by atoms with Crippen LogP contribution in [0.15, 0.2) is 30.4 Å². The van der Waals surface area contributed by atoms with Gasteiger partial charge in [0, 0.05) is 17.3 Å². The Kier molecular flexibility index (Phi) is 3.47. The van der Waals surface area contributed by atoms with Gasteiger partial charge in [0.05, 0.1) is 0 Å². The number of nitrogens with one attached hydrogen (secondary N) is 1. The van der Waals surface area contributed by atoms with Crippen LogP contribution >= 0.6 is 0 Å². The summed E-state index contributed by atoms with van der Waals surface area (Å²) in [5.74, 6) is -0.0271. The van der Waals surface area contributed by atoms with Crippen LogP contribution in [-0.4, -0.2) is 11.9 Å². The van der Waals surface area contributed by atoms with Crippen molar-refractivity contribution in [3.05, 3.63) is 41.5 Å². The molecule has 3 N–H and O–H groups in total. The predicted octanol–water partition coefficient (Wildman–Crippen LogP) is 2.42. The summed E-state index contributed by atoms with van der Waals surface area (Å²) in [6.45, 7) is 1.94. The van der Waals surface area contributed by atoms with Gasteiger partial charge in [-0.05, 0) is 49.9 Å². The summed E-state index contributed by atoms with van der Waals surface area (Å²) in [5.41, 5.74) is 8.04. The zero-order valence-electron chi connectivity index (χ0n) is 10.1. The van der Waals surface area contributed by atoms with Gasteiger partial charge in [0.25, 0.3) is 5.91 Å². The van der Waals surface area contributed by atoms with Crippen molar-refractivity contribution in [2.24, 2.45) is 0 Å². The Morgan fingerprint density at radius 2 is 2.18 bits per heavy atom. The molecule has 0 saturated heterocycles. The summed E-state index contributed by atoms with van der Waals surface area (Å²) >= 11 is 0. The monoisotopic (exact) mass is 230 g/mol. The van der Waals surface area contributed by atoms with Crippen LogP contribution in [0.1, 0.15) is 35.2 Å². The lowest BCUT2D eigenvalue weighted by molar-refractivity contribution is 0.0934. The van der Waals surface area contributed by atoms with Gasteiger partial charge in [-0.15, -0.1) is 0 Å². The van der Waals surface area contributed by atoms with Crippen LogP contribution in [0.25, 0.3) is 0 Å². The maximum atomic E-state index is 12.0. The van der Waals surface area contributed by atoms with Crippen molar-refractivity contribution in [3.8, 4) is 0 Å². The number of allylic oxidation sites excluding steroid dienone is 1. The molecule has 1 amide bonds. The van der Waals surface area contributed by atoms with E-state index in [2.05, 4.69) is 17.5 Å². The van der Waals surface area contributed by atoms with Gasteiger partial charge in [-0.25, -0.2) is 0 Å². The summed E-state index contributed by atoms with van der Waals surface area (Å²) in [6.07, 6.45) is 7.27. The zero-order chi connectivity index (χ0) is 12.3. The number of nitrogen functional groups attached to an aromatic ring is 1. The molecule has 1 aromatic rings. The molecule has 17 heavy (non-hydrogen) atoms. The maximum Gasteiger partial charge on any atom is 0.251 e. The minimum absolute atomic E-state index is 0.0271. The topological polar surface area (TPSA) is 55.1 Å². The van der Waals surface area contributed by atoms with Gasteiger partial charge in [-0.1, -0.05) is 12.2 Å². The van der Waals surface area contributed by atoms with Crippen LogP contribution in [0, 0.1) is 6.92 Å². The summed E-state index contributed by atoms with van der Waals surface area (Å²) in [6, 6.07) is 5.71. The lowest BCUT2D eigenvalue weighted by atomic mass is 10.0. The molecule has 1 aliphatic carbocycles. The van der Waals surface area contributed by atoms with E-state index < -0.39 is 0 Å². The third-order valence-electron chi connectivity index (χ3n) is 2.97. The average Bonchev–Trinajstić information content (AvgIpc) is 2.29. The highest BCUT2D eigenvalue weighted by Gasteiger charge is 2.14. The second kappa shape index (κ2) is 5.04. The molecule has 3 nitrogen and oxygen atoms in total. The number of anilines is 1. The van der Waals surface area contributed by atoms with Crippen molar-refractivity contribution in [2.45, 2.75) is 32.2 Å². The van der Waals surface area contributed by atoms with Crippen LogP contribution in [-0.2, 0) is 0 Å². The molecule has 0 heterocycles. The van der Waals surface area contributed by atoms with Crippen LogP contribution in [0.4, 0.5) is 5.69 Å². The zero-order valence-corrected chi connectivity index (χ0v) is 10.1. The third kappa shape index (κ3) is 3.09. The van der Waals surface area contributed by atoms with E-state index in [0.29, 0.717) is 11.3 Å². The molecule has 1 aromatic carbocycles. The highest BCUT2D eigenvalue weighted by Crippen LogP contribution is 2.14. The Balaban J connectivity index is 2.06. The number of hydrogen-bond donors (Lipinski definition) is 2. The smallest absolute Gasteiger partial charge is 0.251 e. The lowest BCUT2D eigenvalue weighted by Gasteiger charge is -2.19.